The van der Waals surface area contributed by atoms with Crippen LogP contribution >= 0.6 is 0 Å². The molecule has 0 radical (unpaired) electrons. The molecule has 0 fully saturated rings. The van der Waals surface area contributed by atoms with E-state index in [0.29, 0.717) is 59.0 Å². The summed E-state index contributed by atoms with van der Waals surface area (Å²) in [4.78, 5) is 35.4. The molecule has 8 heteroatoms. The van der Waals surface area contributed by atoms with Crippen molar-refractivity contribution in [1.29, 1.82) is 0 Å². The molecular weight excluding hydrogens is 626 g/mol. The molecule has 1 unspecified atom stereocenters. The van der Waals surface area contributed by atoms with Gasteiger partial charge in [-0.25, -0.2) is 4.98 Å². The molecule has 1 amide bonds. The molecule has 50 heavy (non-hydrogen) atoms. The highest BCUT2D eigenvalue weighted by Gasteiger charge is 2.28. The molecule has 1 heterocycles. The van der Waals surface area contributed by atoms with Crippen LogP contribution in [0.2, 0.25) is 0 Å². The van der Waals surface area contributed by atoms with Crippen LogP contribution in [0.15, 0.2) is 65.5 Å². The van der Waals surface area contributed by atoms with E-state index in [0.717, 1.165) is 30.4 Å². The molecular formula is C42H57N3O5. The number of fused-ring (bicyclic) bond motifs is 1. The standard InChI is InChI=1S/C42H57N3O5/c1-7-8-9-10-11-12-13-14-15-16-17-22-40(46)44(28-27-33-24-26-38(49-5)39(30-33)50-6)32(3)41-43-35-21-19-18-20-34(35)42(47)45(41)36-29-31(2)23-25-37(36)48-4/h18-21,23-26,29-30,32H,7-17,22,27-28H2,1-6H3. The second kappa shape index (κ2) is 19.8. The van der Waals surface area contributed by atoms with Crippen LogP contribution in [0.4, 0.5) is 0 Å². The van der Waals surface area contributed by atoms with E-state index in [4.69, 9.17) is 19.2 Å². The van der Waals surface area contributed by atoms with E-state index in [1.165, 1.54) is 51.4 Å². The van der Waals surface area contributed by atoms with Crippen LogP contribution in [0, 0.1) is 6.92 Å². The fourth-order valence-corrected chi connectivity index (χ4v) is 6.68. The van der Waals surface area contributed by atoms with E-state index in [1.54, 1.807) is 32.0 Å². The summed E-state index contributed by atoms with van der Waals surface area (Å²) in [6, 6.07) is 18.5. The van der Waals surface area contributed by atoms with Gasteiger partial charge in [-0.1, -0.05) is 95.4 Å². The van der Waals surface area contributed by atoms with Crippen LogP contribution in [0.3, 0.4) is 0 Å². The highest BCUT2D eigenvalue weighted by atomic mass is 16.5. The molecule has 270 valence electrons. The Morgan fingerprint density at radius 3 is 2.06 bits per heavy atom. The van der Waals surface area contributed by atoms with E-state index in [9.17, 15) is 9.59 Å². The highest BCUT2D eigenvalue weighted by molar-refractivity contribution is 5.79. The molecule has 0 N–H and O–H groups in total. The number of ether oxygens (including phenoxy) is 3. The van der Waals surface area contributed by atoms with Gasteiger partial charge in [0.25, 0.3) is 5.56 Å². The molecule has 4 rings (SSSR count). The van der Waals surface area contributed by atoms with Gasteiger partial charge in [-0.05, 0) is 74.2 Å². The Labute approximate surface area is 298 Å². The van der Waals surface area contributed by atoms with Gasteiger partial charge in [0.1, 0.15) is 11.6 Å². The Balaban J connectivity index is 1.60. The van der Waals surface area contributed by atoms with Crippen LogP contribution in [0.25, 0.3) is 16.6 Å². The minimum Gasteiger partial charge on any atom is -0.495 e. The largest absolute Gasteiger partial charge is 0.495 e. The summed E-state index contributed by atoms with van der Waals surface area (Å²) < 4.78 is 18.4. The summed E-state index contributed by atoms with van der Waals surface area (Å²) in [5.41, 5.74) is 3.01. The number of aromatic nitrogens is 2. The zero-order valence-corrected chi connectivity index (χ0v) is 31.1. The first-order valence-corrected chi connectivity index (χ1v) is 18.5. The fourth-order valence-electron chi connectivity index (χ4n) is 6.68. The van der Waals surface area contributed by atoms with Crippen LogP contribution in [0.5, 0.6) is 17.2 Å². The summed E-state index contributed by atoms with van der Waals surface area (Å²) in [6.07, 6.45) is 14.5. The van der Waals surface area contributed by atoms with Crippen molar-refractivity contribution in [1.82, 2.24) is 14.5 Å². The van der Waals surface area contributed by atoms with Gasteiger partial charge < -0.3 is 19.1 Å². The summed E-state index contributed by atoms with van der Waals surface area (Å²) in [5.74, 6) is 2.42. The van der Waals surface area contributed by atoms with Crippen LogP contribution in [-0.4, -0.2) is 48.2 Å². The first-order chi connectivity index (χ1) is 24.3. The van der Waals surface area contributed by atoms with Gasteiger partial charge in [-0.15, -0.1) is 0 Å². The topological polar surface area (TPSA) is 82.9 Å². The predicted octanol–water partition coefficient (Wildman–Crippen LogP) is 9.55. The zero-order valence-electron chi connectivity index (χ0n) is 31.1. The lowest BCUT2D eigenvalue weighted by Gasteiger charge is -2.31. The van der Waals surface area contributed by atoms with E-state index in [2.05, 4.69) is 6.92 Å². The van der Waals surface area contributed by atoms with E-state index < -0.39 is 6.04 Å². The molecule has 0 saturated carbocycles. The van der Waals surface area contributed by atoms with Crippen molar-refractivity contribution in [3.8, 4) is 22.9 Å². The van der Waals surface area contributed by atoms with Gasteiger partial charge in [0.05, 0.1) is 44.0 Å². The Morgan fingerprint density at radius 2 is 1.40 bits per heavy atom. The number of aryl methyl sites for hydroxylation is 1. The lowest BCUT2D eigenvalue weighted by atomic mass is 10.0. The normalized spacial score (nSPS) is 11.8. The lowest BCUT2D eigenvalue weighted by Crippen LogP contribution is -2.38. The number of benzene rings is 3. The maximum absolute atomic E-state index is 14.3. The second-order valence-electron chi connectivity index (χ2n) is 13.3. The molecule has 0 spiro atoms. The highest BCUT2D eigenvalue weighted by Crippen LogP contribution is 2.31. The molecule has 8 nitrogen and oxygen atoms in total. The van der Waals surface area contributed by atoms with Gasteiger partial charge in [0, 0.05) is 13.0 Å². The van der Waals surface area contributed by atoms with Gasteiger partial charge >= 0.3 is 0 Å². The average molecular weight is 684 g/mol. The van der Waals surface area contributed by atoms with Crippen molar-refractivity contribution in [2.24, 2.45) is 0 Å². The molecule has 0 aliphatic heterocycles. The first-order valence-electron chi connectivity index (χ1n) is 18.5. The number of para-hydroxylation sites is 1. The van der Waals surface area contributed by atoms with Crippen molar-refractivity contribution in [2.75, 3.05) is 27.9 Å². The number of amides is 1. The van der Waals surface area contributed by atoms with E-state index in [-0.39, 0.29) is 11.5 Å². The monoisotopic (exact) mass is 683 g/mol. The molecule has 0 aliphatic rings. The zero-order chi connectivity index (χ0) is 35.9. The maximum atomic E-state index is 14.3. The third kappa shape index (κ3) is 10.1. The van der Waals surface area contributed by atoms with E-state index in [1.807, 2.05) is 73.3 Å². The Kier molecular flexibility index (Phi) is 15.2. The van der Waals surface area contributed by atoms with Crippen molar-refractivity contribution in [3.05, 3.63) is 88.0 Å². The smallest absolute Gasteiger partial charge is 0.266 e. The van der Waals surface area contributed by atoms with Crippen molar-refractivity contribution < 1.29 is 19.0 Å². The van der Waals surface area contributed by atoms with Crippen LogP contribution in [-0.2, 0) is 11.2 Å². The molecule has 0 saturated heterocycles. The minimum atomic E-state index is -0.502. The molecule has 1 aromatic heterocycles. The van der Waals surface area contributed by atoms with Crippen LogP contribution < -0.4 is 19.8 Å². The summed E-state index contributed by atoms with van der Waals surface area (Å²) in [6.45, 7) is 6.66. The third-order valence-electron chi connectivity index (χ3n) is 9.62. The summed E-state index contributed by atoms with van der Waals surface area (Å²) >= 11 is 0. The van der Waals surface area contributed by atoms with E-state index >= 15 is 0 Å². The third-order valence-corrected chi connectivity index (χ3v) is 9.62. The second-order valence-corrected chi connectivity index (χ2v) is 13.3. The summed E-state index contributed by atoms with van der Waals surface area (Å²) in [5, 5.41) is 0.510. The van der Waals surface area contributed by atoms with Gasteiger partial charge in [-0.2, -0.15) is 0 Å². The number of carbonyl (C=O) groups excluding carboxylic acids is 1. The SMILES string of the molecule is CCCCCCCCCCCCCC(=O)N(CCc1ccc(OC)c(OC)c1)C(C)c1nc2ccccc2c(=O)n1-c1cc(C)ccc1OC. The first kappa shape index (κ1) is 38.5. The number of unbranched alkanes of at least 4 members (excludes halogenated alkanes) is 10. The number of nitrogens with zero attached hydrogens (tertiary/aromatic N) is 3. The maximum Gasteiger partial charge on any atom is 0.266 e. The fraction of sp³-hybridized carbons (Fsp3) is 0.500. The minimum absolute atomic E-state index is 0.0547. The van der Waals surface area contributed by atoms with Crippen LogP contribution in [0.1, 0.15) is 114 Å². The molecule has 1 atom stereocenters. The van der Waals surface area contributed by atoms with Gasteiger partial charge in [0.2, 0.25) is 5.91 Å². The predicted molar refractivity (Wildman–Crippen MR) is 203 cm³/mol. The number of carbonyl (C=O) groups is 1. The van der Waals surface area contributed by atoms with Gasteiger partial charge in [0.15, 0.2) is 11.5 Å². The van der Waals surface area contributed by atoms with Crippen molar-refractivity contribution in [2.45, 2.75) is 110 Å². The number of hydrogen-bond donors (Lipinski definition) is 0. The molecule has 3 aromatic carbocycles. The average Bonchev–Trinajstić information content (AvgIpc) is 3.13. The number of hydrogen-bond acceptors (Lipinski definition) is 6. The Bertz CT molecular complexity index is 1730. The Morgan fingerprint density at radius 1 is 0.780 bits per heavy atom. The quantitative estimate of drug-likeness (QED) is 0.0814. The van der Waals surface area contributed by atoms with Crippen molar-refractivity contribution in [3.63, 3.8) is 0 Å². The van der Waals surface area contributed by atoms with Crippen molar-refractivity contribution >= 4 is 16.8 Å². The molecule has 4 aromatic rings. The lowest BCUT2D eigenvalue weighted by molar-refractivity contribution is -0.133. The van der Waals surface area contributed by atoms with Gasteiger partial charge in [-0.3, -0.25) is 14.2 Å². The number of methoxy groups -OCH3 is 3. The molecule has 0 aliphatic carbocycles. The Hall–Kier alpha value is -4.33. The summed E-state index contributed by atoms with van der Waals surface area (Å²) in [7, 11) is 4.84. The number of rotatable bonds is 21. The molecule has 0 bridgehead atoms.